The van der Waals surface area contributed by atoms with E-state index in [9.17, 15) is 5.11 Å². The number of fused-ring (bicyclic) bond motifs is 1. The van der Waals surface area contributed by atoms with Crippen LogP contribution in [0.1, 0.15) is 5.56 Å². The van der Waals surface area contributed by atoms with Crippen LogP contribution >= 0.6 is 0 Å². The minimum atomic E-state index is 0.311. The molecule has 79 valence electrons. The number of phenols is 1. The Balaban J connectivity index is 2.05. The Morgan fingerprint density at radius 2 is 2.19 bits per heavy atom. The van der Waals surface area contributed by atoms with Gasteiger partial charge in [0.25, 0.3) is 0 Å². The molecule has 2 nitrogen and oxygen atoms in total. The zero-order valence-corrected chi connectivity index (χ0v) is 8.85. The summed E-state index contributed by atoms with van der Waals surface area (Å²) >= 11 is 0. The predicted molar refractivity (Wildman–Crippen MR) is 64.1 cm³/mol. The number of rotatable bonds is 1. The largest absolute Gasteiger partial charge is 0.508 e. The first-order valence-electron chi connectivity index (χ1n) is 5.40. The van der Waals surface area contributed by atoms with Gasteiger partial charge in [-0.15, -0.1) is 0 Å². The van der Waals surface area contributed by atoms with Crippen LogP contribution in [-0.4, -0.2) is 11.7 Å². The van der Waals surface area contributed by atoms with Gasteiger partial charge in [0.05, 0.1) is 0 Å². The van der Waals surface area contributed by atoms with Crippen LogP contribution in [0, 0.1) is 6.07 Å². The molecule has 1 aliphatic rings. The summed E-state index contributed by atoms with van der Waals surface area (Å²) in [7, 11) is 0. The van der Waals surface area contributed by atoms with Crippen molar-refractivity contribution >= 4 is 11.4 Å². The second kappa shape index (κ2) is 3.56. The summed E-state index contributed by atoms with van der Waals surface area (Å²) in [6, 6.07) is 16.5. The van der Waals surface area contributed by atoms with E-state index in [1.54, 1.807) is 12.1 Å². The molecule has 1 heterocycles. The maximum absolute atomic E-state index is 9.49. The van der Waals surface area contributed by atoms with Gasteiger partial charge in [0, 0.05) is 24.0 Å². The molecule has 0 fully saturated rings. The summed E-state index contributed by atoms with van der Waals surface area (Å²) in [5.41, 5.74) is 3.59. The highest BCUT2D eigenvalue weighted by atomic mass is 16.3. The van der Waals surface area contributed by atoms with Crippen LogP contribution in [0.4, 0.5) is 11.4 Å². The molecule has 3 rings (SSSR count). The van der Waals surface area contributed by atoms with Gasteiger partial charge in [0.1, 0.15) is 5.75 Å². The minimum absolute atomic E-state index is 0.311. The summed E-state index contributed by atoms with van der Waals surface area (Å²) in [6.45, 7) is 0.969. The van der Waals surface area contributed by atoms with E-state index in [-0.39, 0.29) is 0 Å². The van der Waals surface area contributed by atoms with Crippen molar-refractivity contribution in [3.8, 4) is 5.75 Å². The number of nitrogens with zero attached hydrogens (tertiary/aromatic N) is 1. The average molecular weight is 210 g/mol. The SMILES string of the molecule is Oc1cccc(N2CCc3cc[c]cc32)c1. The smallest absolute Gasteiger partial charge is 0.117 e. The van der Waals surface area contributed by atoms with Gasteiger partial charge >= 0.3 is 0 Å². The Kier molecular flexibility index (Phi) is 2.07. The summed E-state index contributed by atoms with van der Waals surface area (Å²) in [6.07, 6.45) is 1.06. The second-order valence-corrected chi connectivity index (χ2v) is 3.98. The molecular formula is C14H12NO. The van der Waals surface area contributed by atoms with E-state index in [1.807, 2.05) is 24.3 Å². The maximum atomic E-state index is 9.49. The fourth-order valence-corrected chi connectivity index (χ4v) is 2.20. The fraction of sp³-hybridized carbons (Fsp3) is 0.143. The van der Waals surface area contributed by atoms with E-state index >= 15 is 0 Å². The van der Waals surface area contributed by atoms with Crippen molar-refractivity contribution in [1.29, 1.82) is 0 Å². The first-order chi connectivity index (χ1) is 7.84. The second-order valence-electron chi connectivity index (χ2n) is 3.98. The third-order valence-electron chi connectivity index (χ3n) is 2.97. The summed E-state index contributed by atoms with van der Waals surface area (Å²) in [5, 5.41) is 9.49. The lowest BCUT2D eigenvalue weighted by molar-refractivity contribution is 0.475. The van der Waals surface area contributed by atoms with Crippen LogP contribution in [0.5, 0.6) is 5.75 Å². The van der Waals surface area contributed by atoms with Crippen LogP contribution < -0.4 is 4.90 Å². The van der Waals surface area contributed by atoms with Gasteiger partial charge in [-0.3, -0.25) is 0 Å². The Labute approximate surface area is 94.8 Å². The van der Waals surface area contributed by atoms with Gasteiger partial charge in [0.2, 0.25) is 0 Å². The molecule has 1 N–H and O–H groups in total. The summed E-state index contributed by atoms with van der Waals surface area (Å²) < 4.78 is 0. The highest BCUT2D eigenvalue weighted by Crippen LogP contribution is 2.34. The maximum Gasteiger partial charge on any atom is 0.117 e. The third-order valence-corrected chi connectivity index (χ3v) is 2.97. The van der Waals surface area contributed by atoms with Crippen LogP contribution in [0.25, 0.3) is 0 Å². The van der Waals surface area contributed by atoms with Gasteiger partial charge in [-0.05, 0) is 36.2 Å². The number of phenolic OH excluding ortho intramolecular Hbond substituents is 1. The molecule has 0 saturated carbocycles. The molecule has 0 saturated heterocycles. The summed E-state index contributed by atoms with van der Waals surface area (Å²) in [4.78, 5) is 2.21. The monoisotopic (exact) mass is 210 g/mol. The summed E-state index contributed by atoms with van der Waals surface area (Å²) in [5.74, 6) is 0.311. The molecule has 2 heteroatoms. The minimum Gasteiger partial charge on any atom is -0.508 e. The van der Waals surface area contributed by atoms with Crippen molar-refractivity contribution in [3.05, 3.63) is 54.1 Å². The molecule has 1 radical (unpaired) electrons. The normalized spacial score (nSPS) is 13.9. The van der Waals surface area contributed by atoms with Crippen LogP contribution in [0.3, 0.4) is 0 Å². The molecule has 2 aromatic carbocycles. The average Bonchev–Trinajstić information content (AvgIpc) is 2.72. The van der Waals surface area contributed by atoms with Crippen molar-refractivity contribution in [2.45, 2.75) is 6.42 Å². The van der Waals surface area contributed by atoms with E-state index in [2.05, 4.69) is 17.0 Å². The highest BCUT2D eigenvalue weighted by molar-refractivity contribution is 5.70. The zero-order valence-electron chi connectivity index (χ0n) is 8.85. The number of hydrogen-bond donors (Lipinski definition) is 1. The molecule has 0 amide bonds. The van der Waals surface area contributed by atoms with Crippen molar-refractivity contribution < 1.29 is 5.11 Å². The highest BCUT2D eigenvalue weighted by Gasteiger charge is 2.19. The number of aromatic hydroxyl groups is 1. The quantitative estimate of drug-likeness (QED) is 0.782. The molecule has 0 aliphatic carbocycles. The molecular weight excluding hydrogens is 198 g/mol. The lowest BCUT2D eigenvalue weighted by Gasteiger charge is -2.19. The Bertz CT molecular complexity index is 522. The molecule has 0 unspecified atom stereocenters. The standard InChI is InChI=1S/C14H12NO/c16-13-6-3-5-12(10-13)15-9-8-11-4-1-2-7-14(11)15/h1,3-7,10,16H,8-9H2. The lowest BCUT2D eigenvalue weighted by Crippen LogP contribution is -2.12. The van der Waals surface area contributed by atoms with Crippen LogP contribution in [-0.2, 0) is 6.42 Å². The fourth-order valence-electron chi connectivity index (χ4n) is 2.20. The molecule has 0 spiro atoms. The molecule has 0 atom stereocenters. The lowest BCUT2D eigenvalue weighted by atomic mass is 10.2. The first kappa shape index (κ1) is 9.28. The number of benzene rings is 2. The predicted octanol–water partition coefficient (Wildman–Crippen LogP) is 2.89. The molecule has 16 heavy (non-hydrogen) atoms. The molecule has 2 aromatic rings. The van der Waals surface area contributed by atoms with E-state index in [0.717, 1.165) is 18.7 Å². The van der Waals surface area contributed by atoms with Gasteiger partial charge in [-0.2, -0.15) is 0 Å². The Morgan fingerprint density at radius 3 is 3.06 bits per heavy atom. The van der Waals surface area contributed by atoms with Crippen molar-refractivity contribution in [1.82, 2.24) is 0 Å². The van der Waals surface area contributed by atoms with Gasteiger partial charge in [-0.1, -0.05) is 18.2 Å². The van der Waals surface area contributed by atoms with Gasteiger partial charge in [0.15, 0.2) is 0 Å². The third kappa shape index (κ3) is 1.43. The first-order valence-corrected chi connectivity index (χ1v) is 5.40. The van der Waals surface area contributed by atoms with Crippen molar-refractivity contribution in [2.24, 2.45) is 0 Å². The van der Waals surface area contributed by atoms with E-state index in [4.69, 9.17) is 0 Å². The number of anilines is 2. The van der Waals surface area contributed by atoms with E-state index < -0.39 is 0 Å². The topological polar surface area (TPSA) is 23.5 Å². The van der Waals surface area contributed by atoms with Gasteiger partial charge in [-0.25, -0.2) is 0 Å². The van der Waals surface area contributed by atoms with Crippen LogP contribution in [0.15, 0.2) is 42.5 Å². The Hall–Kier alpha value is -1.96. The molecule has 0 aromatic heterocycles. The van der Waals surface area contributed by atoms with Crippen LogP contribution in [0.2, 0.25) is 0 Å². The molecule has 0 bridgehead atoms. The van der Waals surface area contributed by atoms with E-state index in [1.165, 1.54) is 11.3 Å². The van der Waals surface area contributed by atoms with Crippen molar-refractivity contribution in [3.63, 3.8) is 0 Å². The van der Waals surface area contributed by atoms with Crippen molar-refractivity contribution in [2.75, 3.05) is 11.4 Å². The zero-order chi connectivity index (χ0) is 11.0. The number of hydrogen-bond acceptors (Lipinski definition) is 2. The molecule has 1 aliphatic heterocycles. The van der Waals surface area contributed by atoms with Gasteiger partial charge < -0.3 is 10.0 Å². The Morgan fingerprint density at radius 1 is 1.25 bits per heavy atom. The van der Waals surface area contributed by atoms with E-state index in [0.29, 0.717) is 5.75 Å².